The van der Waals surface area contributed by atoms with Gasteiger partial charge in [-0.15, -0.1) is 0 Å². The van der Waals surface area contributed by atoms with E-state index in [1.807, 2.05) is 19.9 Å². The number of pyridine rings is 1. The third-order valence-electron chi connectivity index (χ3n) is 5.22. The van der Waals surface area contributed by atoms with Crippen molar-refractivity contribution in [2.24, 2.45) is 5.92 Å². The lowest BCUT2D eigenvalue weighted by molar-refractivity contribution is 0.130. The van der Waals surface area contributed by atoms with Gasteiger partial charge in [0.1, 0.15) is 12.1 Å². The standard InChI is InChI=1S/C22H23FN6O/c1-13-7-16(23)3-4-18(13)20-6-5-19(24)21(27-20)28-22(30)29-10-15(11-29)9-17-8-14(2)25-12-26-17/h3-8,12,15H,9-11,24H2,1-2H3,(H,27,28,30). The molecule has 1 aromatic carbocycles. The summed E-state index contributed by atoms with van der Waals surface area (Å²) in [6, 6.07) is 9.69. The van der Waals surface area contributed by atoms with Crippen LogP contribution in [0.25, 0.3) is 11.3 Å². The van der Waals surface area contributed by atoms with Crippen LogP contribution in [-0.2, 0) is 6.42 Å². The summed E-state index contributed by atoms with van der Waals surface area (Å²) in [5, 5.41) is 2.80. The van der Waals surface area contributed by atoms with Gasteiger partial charge in [-0.05, 0) is 68.1 Å². The van der Waals surface area contributed by atoms with E-state index in [4.69, 9.17) is 5.73 Å². The number of carbonyl (C=O) groups excluding carboxylic acids is 1. The average molecular weight is 406 g/mol. The van der Waals surface area contributed by atoms with Gasteiger partial charge in [0.2, 0.25) is 0 Å². The zero-order valence-corrected chi connectivity index (χ0v) is 16.9. The third kappa shape index (κ3) is 4.22. The lowest BCUT2D eigenvalue weighted by Gasteiger charge is -2.39. The molecule has 3 heterocycles. The second kappa shape index (κ2) is 8.06. The number of nitrogen functional groups attached to an aromatic ring is 1. The average Bonchev–Trinajstić information content (AvgIpc) is 2.66. The van der Waals surface area contributed by atoms with Crippen molar-refractivity contribution in [3.05, 3.63) is 65.5 Å². The zero-order chi connectivity index (χ0) is 21.3. The first-order valence-electron chi connectivity index (χ1n) is 9.75. The number of nitrogens with one attached hydrogen (secondary N) is 1. The predicted octanol–water partition coefficient (Wildman–Crippen LogP) is 3.58. The molecule has 0 aliphatic carbocycles. The molecule has 0 spiro atoms. The van der Waals surface area contributed by atoms with E-state index in [-0.39, 0.29) is 11.8 Å². The Hall–Kier alpha value is -3.55. The molecule has 2 aromatic heterocycles. The Morgan fingerprint density at radius 2 is 2.00 bits per heavy atom. The molecule has 8 heteroatoms. The zero-order valence-electron chi connectivity index (χ0n) is 16.9. The van der Waals surface area contributed by atoms with Crippen LogP contribution < -0.4 is 11.1 Å². The summed E-state index contributed by atoms with van der Waals surface area (Å²) >= 11 is 0. The molecule has 1 fully saturated rings. The molecule has 0 radical (unpaired) electrons. The van der Waals surface area contributed by atoms with Crippen LogP contribution >= 0.6 is 0 Å². The van der Waals surface area contributed by atoms with Gasteiger partial charge in [-0.2, -0.15) is 0 Å². The van der Waals surface area contributed by atoms with E-state index >= 15 is 0 Å². The Labute approximate surface area is 174 Å². The number of hydrogen-bond acceptors (Lipinski definition) is 5. The van der Waals surface area contributed by atoms with E-state index in [1.165, 1.54) is 12.1 Å². The van der Waals surface area contributed by atoms with Crippen LogP contribution in [-0.4, -0.2) is 39.0 Å². The van der Waals surface area contributed by atoms with E-state index in [1.54, 1.807) is 29.4 Å². The number of carbonyl (C=O) groups is 1. The number of rotatable bonds is 4. The minimum Gasteiger partial charge on any atom is -0.396 e. The van der Waals surface area contributed by atoms with Gasteiger partial charge in [-0.1, -0.05) is 0 Å². The normalized spacial score (nSPS) is 13.8. The topological polar surface area (TPSA) is 97.0 Å². The van der Waals surface area contributed by atoms with Crippen molar-refractivity contribution in [2.45, 2.75) is 20.3 Å². The minimum atomic E-state index is -0.301. The van der Waals surface area contributed by atoms with Gasteiger partial charge in [0.15, 0.2) is 5.82 Å². The Bertz CT molecular complexity index is 1100. The van der Waals surface area contributed by atoms with Gasteiger partial charge in [-0.3, -0.25) is 5.32 Å². The number of amides is 2. The molecule has 1 saturated heterocycles. The summed E-state index contributed by atoms with van der Waals surface area (Å²) in [5.74, 6) is 0.365. The van der Waals surface area contributed by atoms with Crippen LogP contribution in [0.2, 0.25) is 0 Å². The van der Waals surface area contributed by atoms with Crippen LogP contribution in [0.5, 0.6) is 0 Å². The van der Waals surface area contributed by atoms with Crippen LogP contribution in [0.1, 0.15) is 17.0 Å². The highest BCUT2D eigenvalue weighted by Crippen LogP contribution is 2.27. The molecule has 0 bridgehead atoms. The highest BCUT2D eigenvalue weighted by atomic mass is 19.1. The molecule has 3 aromatic rings. The highest BCUT2D eigenvalue weighted by molar-refractivity contribution is 5.92. The lowest BCUT2D eigenvalue weighted by atomic mass is 9.95. The maximum Gasteiger partial charge on any atom is 0.323 e. The molecule has 1 aliphatic rings. The second-order valence-corrected chi connectivity index (χ2v) is 7.65. The molecule has 1 aliphatic heterocycles. The molecular weight excluding hydrogens is 383 g/mol. The van der Waals surface area contributed by atoms with Crippen molar-refractivity contribution in [3.8, 4) is 11.3 Å². The molecule has 154 valence electrons. The van der Waals surface area contributed by atoms with Gasteiger partial charge >= 0.3 is 6.03 Å². The quantitative estimate of drug-likeness (QED) is 0.690. The predicted molar refractivity (Wildman–Crippen MR) is 113 cm³/mol. The van der Waals surface area contributed by atoms with E-state index in [0.717, 1.165) is 28.9 Å². The highest BCUT2D eigenvalue weighted by Gasteiger charge is 2.31. The van der Waals surface area contributed by atoms with Gasteiger partial charge in [-0.25, -0.2) is 24.1 Å². The number of nitrogens with zero attached hydrogens (tertiary/aromatic N) is 4. The van der Waals surface area contributed by atoms with Crippen LogP contribution in [0, 0.1) is 25.6 Å². The lowest BCUT2D eigenvalue weighted by Crippen LogP contribution is -2.52. The summed E-state index contributed by atoms with van der Waals surface area (Å²) in [6.45, 7) is 5.04. The fourth-order valence-electron chi connectivity index (χ4n) is 3.60. The summed E-state index contributed by atoms with van der Waals surface area (Å²) in [7, 11) is 0. The number of likely N-dealkylation sites (tertiary alicyclic amines) is 1. The fraction of sp³-hybridized carbons (Fsp3) is 0.273. The first kappa shape index (κ1) is 19.8. The Morgan fingerprint density at radius 3 is 2.73 bits per heavy atom. The summed E-state index contributed by atoms with van der Waals surface area (Å²) in [5.41, 5.74) is 10.5. The molecule has 3 N–H and O–H groups in total. The molecule has 0 atom stereocenters. The Morgan fingerprint density at radius 1 is 1.20 bits per heavy atom. The number of nitrogens with two attached hydrogens (primary N) is 1. The number of aryl methyl sites for hydroxylation is 2. The van der Waals surface area contributed by atoms with E-state index in [2.05, 4.69) is 20.3 Å². The number of hydrogen-bond donors (Lipinski definition) is 2. The minimum absolute atomic E-state index is 0.239. The van der Waals surface area contributed by atoms with Crippen molar-refractivity contribution in [1.82, 2.24) is 19.9 Å². The van der Waals surface area contributed by atoms with Crippen molar-refractivity contribution >= 4 is 17.5 Å². The summed E-state index contributed by atoms with van der Waals surface area (Å²) in [4.78, 5) is 27.2. The third-order valence-corrected chi connectivity index (χ3v) is 5.22. The molecule has 30 heavy (non-hydrogen) atoms. The van der Waals surface area contributed by atoms with Crippen LogP contribution in [0.4, 0.5) is 20.7 Å². The van der Waals surface area contributed by atoms with Gasteiger partial charge in [0.05, 0.1) is 11.4 Å². The molecule has 0 unspecified atom stereocenters. The molecule has 7 nitrogen and oxygen atoms in total. The number of anilines is 2. The van der Waals surface area contributed by atoms with Crippen molar-refractivity contribution < 1.29 is 9.18 Å². The molecule has 4 rings (SSSR count). The van der Waals surface area contributed by atoms with Crippen LogP contribution in [0.15, 0.2) is 42.7 Å². The Kier molecular flexibility index (Phi) is 5.31. The first-order chi connectivity index (χ1) is 14.4. The number of aromatic nitrogens is 3. The Balaban J connectivity index is 1.40. The van der Waals surface area contributed by atoms with Gasteiger partial charge < -0.3 is 10.6 Å². The molecule has 0 saturated carbocycles. The van der Waals surface area contributed by atoms with Crippen molar-refractivity contribution in [1.29, 1.82) is 0 Å². The maximum atomic E-state index is 13.4. The summed E-state index contributed by atoms with van der Waals surface area (Å²) < 4.78 is 13.4. The van der Waals surface area contributed by atoms with Gasteiger partial charge in [0.25, 0.3) is 0 Å². The van der Waals surface area contributed by atoms with Crippen LogP contribution in [0.3, 0.4) is 0 Å². The maximum absolute atomic E-state index is 13.4. The SMILES string of the molecule is Cc1cc(CC2CN(C(=O)Nc3nc(-c4ccc(F)cc4C)ccc3N)C2)ncn1. The molecule has 2 amide bonds. The van der Waals surface area contributed by atoms with Crippen molar-refractivity contribution in [3.63, 3.8) is 0 Å². The van der Waals surface area contributed by atoms with E-state index in [9.17, 15) is 9.18 Å². The second-order valence-electron chi connectivity index (χ2n) is 7.65. The smallest absolute Gasteiger partial charge is 0.323 e. The number of benzene rings is 1. The molecular formula is C22H23FN6O. The number of urea groups is 1. The monoisotopic (exact) mass is 406 g/mol. The largest absolute Gasteiger partial charge is 0.396 e. The summed E-state index contributed by atoms with van der Waals surface area (Å²) in [6.07, 6.45) is 2.38. The van der Waals surface area contributed by atoms with Crippen molar-refractivity contribution in [2.75, 3.05) is 24.1 Å². The number of halogens is 1. The van der Waals surface area contributed by atoms with Gasteiger partial charge in [0, 0.05) is 30.0 Å². The fourth-order valence-corrected chi connectivity index (χ4v) is 3.60. The van der Waals surface area contributed by atoms with E-state index < -0.39 is 0 Å². The van der Waals surface area contributed by atoms with E-state index in [0.29, 0.717) is 36.2 Å². The first-order valence-corrected chi connectivity index (χ1v) is 9.75.